The highest BCUT2D eigenvalue weighted by Crippen LogP contribution is 2.37. The molecule has 3 aromatic heterocycles. The molecule has 7 aromatic rings. The van der Waals surface area contributed by atoms with Crippen LogP contribution in [0.25, 0.3) is 44.5 Å². The number of primary amides is 1. The Kier molecular flexibility index (Phi) is 10.9. The molecule has 13 nitrogen and oxygen atoms in total. The van der Waals surface area contributed by atoms with Crippen LogP contribution in [0, 0.1) is 0 Å². The summed E-state index contributed by atoms with van der Waals surface area (Å²) in [5.74, 6) is 1.18. The molecule has 1 unspecified atom stereocenters. The SMILES string of the molecule is CN(C)C(C(=O)N1CCC[C@H]1c1ncc(-c2ccc(-c3ccc(-c4cnc([C@@H]5CCCN5C(=O)[C@H](OC(N)=O)c5ccccc5)[nH]4)cc3)cc2)[nH]1)c1cnc2ccccc2c1. The number of likely N-dealkylation sites (tertiary alicyclic amines) is 2. The van der Waals surface area contributed by atoms with E-state index in [4.69, 9.17) is 15.5 Å². The maximum atomic E-state index is 14.2. The number of ether oxygens (including phenoxy) is 1. The van der Waals surface area contributed by atoms with Crippen LogP contribution >= 0.6 is 0 Å². The molecule has 4 N–H and O–H groups in total. The number of hydrogen-bond acceptors (Lipinski definition) is 8. The molecular weight excluding hydrogens is 767 g/mol. The lowest BCUT2D eigenvalue weighted by Crippen LogP contribution is -2.40. The number of benzene rings is 4. The Bertz CT molecular complexity index is 2680. The van der Waals surface area contributed by atoms with E-state index in [1.54, 1.807) is 35.4 Å². The third kappa shape index (κ3) is 7.99. The van der Waals surface area contributed by atoms with Gasteiger partial charge in [0.1, 0.15) is 17.7 Å². The van der Waals surface area contributed by atoms with Crippen LogP contribution in [0.5, 0.6) is 0 Å². The van der Waals surface area contributed by atoms with Gasteiger partial charge in [-0.05, 0) is 79.7 Å². The summed E-state index contributed by atoms with van der Waals surface area (Å²) >= 11 is 0. The summed E-state index contributed by atoms with van der Waals surface area (Å²) in [4.78, 5) is 66.5. The maximum absolute atomic E-state index is 14.2. The van der Waals surface area contributed by atoms with Gasteiger partial charge in [0, 0.05) is 30.2 Å². The van der Waals surface area contributed by atoms with Crippen molar-refractivity contribution in [3.05, 3.63) is 151 Å². The van der Waals surface area contributed by atoms with Gasteiger partial charge in [0.15, 0.2) is 0 Å². The van der Waals surface area contributed by atoms with Gasteiger partial charge >= 0.3 is 6.09 Å². The third-order valence-electron chi connectivity index (χ3n) is 11.9. The first-order valence-corrected chi connectivity index (χ1v) is 20.7. The molecule has 0 saturated carbocycles. The molecule has 13 heteroatoms. The zero-order valence-corrected chi connectivity index (χ0v) is 34.1. The van der Waals surface area contributed by atoms with Crippen LogP contribution in [0.4, 0.5) is 4.79 Å². The largest absolute Gasteiger partial charge is 0.431 e. The second kappa shape index (κ2) is 16.9. The van der Waals surface area contributed by atoms with Crippen molar-refractivity contribution in [2.24, 2.45) is 5.73 Å². The Morgan fingerprint density at radius 3 is 1.74 bits per heavy atom. The van der Waals surface area contributed by atoms with Crippen LogP contribution in [-0.2, 0) is 14.3 Å². The minimum atomic E-state index is -1.13. The Balaban J connectivity index is 0.862. The maximum Gasteiger partial charge on any atom is 0.405 e. The summed E-state index contributed by atoms with van der Waals surface area (Å²) in [6, 6.07) is 34.7. The summed E-state index contributed by atoms with van der Waals surface area (Å²) in [5, 5.41) is 1.01. The normalized spacial score (nSPS) is 17.5. The van der Waals surface area contributed by atoms with Gasteiger partial charge in [0.05, 0.1) is 41.4 Å². The standard InChI is InChI=1S/C48H47N9O4/c1-55(2)42(36-26-35-12-6-7-13-37(35)50-27-36)46(58)56-24-8-14-40(56)44-51-28-38(53-44)32-20-16-30(17-21-32)31-18-22-33(23-19-31)39-29-52-45(54-39)41-15-9-25-57(41)47(59)43(61-48(49)60)34-10-4-3-5-11-34/h3-7,10-13,16-23,26-29,40-43H,8-9,14-15,24-25H2,1-2H3,(H2,49,60)(H,51,53)(H,52,54)/t40-,41-,42?,43+/m0/s1. The van der Waals surface area contributed by atoms with E-state index < -0.39 is 18.2 Å². The summed E-state index contributed by atoms with van der Waals surface area (Å²) in [6.07, 6.45) is 6.60. The highest BCUT2D eigenvalue weighted by atomic mass is 16.6. The number of nitrogens with two attached hydrogens (primary N) is 1. The van der Waals surface area contributed by atoms with E-state index in [9.17, 15) is 14.4 Å². The average molecular weight is 814 g/mol. The second-order valence-corrected chi connectivity index (χ2v) is 16.0. The third-order valence-corrected chi connectivity index (χ3v) is 11.9. The lowest BCUT2D eigenvalue weighted by molar-refractivity contribution is -0.141. The number of H-pyrrole nitrogens is 2. The molecule has 2 saturated heterocycles. The summed E-state index contributed by atoms with van der Waals surface area (Å²) in [7, 11) is 3.87. The molecule has 2 aliphatic heterocycles. The van der Waals surface area contributed by atoms with Crippen molar-refractivity contribution in [2.45, 2.75) is 49.9 Å². The zero-order chi connectivity index (χ0) is 42.0. The summed E-state index contributed by atoms with van der Waals surface area (Å²) < 4.78 is 5.31. The number of aromatic amines is 2. The van der Waals surface area contributed by atoms with Gasteiger partial charge in [-0.2, -0.15) is 0 Å². The van der Waals surface area contributed by atoms with E-state index in [0.717, 1.165) is 81.6 Å². The number of imidazole rings is 2. The van der Waals surface area contributed by atoms with Crippen molar-refractivity contribution < 1.29 is 19.1 Å². The van der Waals surface area contributed by atoms with Gasteiger partial charge in [0.2, 0.25) is 12.0 Å². The van der Waals surface area contributed by atoms with E-state index in [-0.39, 0.29) is 23.9 Å². The fourth-order valence-electron chi connectivity index (χ4n) is 8.83. The number of para-hydroxylation sites is 1. The zero-order valence-electron chi connectivity index (χ0n) is 34.1. The summed E-state index contributed by atoms with van der Waals surface area (Å²) in [6.45, 7) is 1.19. The first-order valence-electron chi connectivity index (χ1n) is 20.7. The number of rotatable bonds is 11. The molecule has 0 bridgehead atoms. The highest BCUT2D eigenvalue weighted by molar-refractivity contribution is 5.87. The van der Waals surface area contributed by atoms with Crippen molar-refractivity contribution in [3.8, 4) is 33.6 Å². The number of carbonyl (C=O) groups excluding carboxylic acids is 3. The molecule has 3 amide bonds. The Morgan fingerprint density at radius 2 is 1.18 bits per heavy atom. The molecule has 9 rings (SSSR count). The number of pyridine rings is 1. The number of hydrogen-bond donors (Lipinski definition) is 3. The lowest BCUT2D eigenvalue weighted by atomic mass is 10.0. The predicted octanol–water partition coefficient (Wildman–Crippen LogP) is 8.15. The molecule has 5 heterocycles. The number of carbonyl (C=O) groups is 3. The van der Waals surface area contributed by atoms with Gasteiger partial charge in [-0.25, -0.2) is 14.8 Å². The number of likely N-dealkylation sites (N-methyl/N-ethyl adjacent to an activating group) is 1. The smallest absolute Gasteiger partial charge is 0.405 e. The van der Waals surface area contributed by atoms with Crippen molar-refractivity contribution >= 4 is 28.8 Å². The Hall–Kier alpha value is -7.12. The van der Waals surface area contributed by atoms with Gasteiger partial charge in [-0.1, -0.05) is 97.1 Å². The Labute approximate surface area is 353 Å². The highest BCUT2D eigenvalue weighted by Gasteiger charge is 2.39. The lowest BCUT2D eigenvalue weighted by Gasteiger charge is -2.31. The second-order valence-electron chi connectivity index (χ2n) is 16.0. The predicted molar refractivity (Wildman–Crippen MR) is 232 cm³/mol. The number of nitrogens with one attached hydrogen (secondary N) is 2. The number of nitrogens with zero attached hydrogens (tertiary/aromatic N) is 6. The molecule has 2 aliphatic rings. The number of amides is 3. The van der Waals surface area contributed by atoms with E-state index in [1.165, 1.54) is 0 Å². The van der Waals surface area contributed by atoms with Gasteiger partial charge < -0.3 is 30.2 Å². The van der Waals surface area contributed by atoms with Gasteiger partial charge in [-0.3, -0.25) is 19.5 Å². The minimum absolute atomic E-state index is 0.0456. The van der Waals surface area contributed by atoms with Gasteiger partial charge in [0.25, 0.3) is 5.91 Å². The van der Waals surface area contributed by atoms with Crippen molar-refractivity contribution in [1.29, 1.82) is 0 Å². The quantitative estimate of drug-likeness (QED) is 0.118. The van der Waals surface area contributed by atoms with Crippen molar-refractivity contribution in [1.82, 2.24) is 39.6 Å². The van der Waals surface area contributed by atoms with Gasteiger partial charge in [-0.15, -0.1) is 0 Å². The van der Waals surface area contributed by atoms with E-state index in [1.807, 2.05) is 66.6 Å². The van der Waals surface area contributed by atoms with Crippen LogP contribution < -0.4 is 5.73 Å². The van der Waals surface area contributed by atoms with Crippen LogP contribution in [0.2, 0.25) is 0 Å². The molecule has 61 heavy (non-hydrogen) atoms. The average Bonchev–Trinajstić information content (AvgIpc) is 4.13. The van der Waals surface area contributed by atoms with E-state index in [0.29, 0.717) is 24.5 Å². The van der Waals surface area contributed by atoms with Crippen molar-refractivity contribution in [2.75, 3.05) is 27.2 Å². The molecule has 4 aromatic carbocycles. The molecule has 0 spiro atoms. The molecule has 0 radical (unpaired) electrons. The van der Waals surface area contributed by atoms with E-state index >= 15 is 0 Å². The molecule has 0 aliphatic carbocycles. The number of aromatic nitrogens is 5. The van der Waals surface area contributed by atoms with Crippen LogP contribution in [0.3, 0.4) is 0 Å². The van der Waals surface area contributed by atoms with Crippen LogP contribution in [-0.4, -0.2) is 84.7 Å². The van der Waals surface area contributed by atoms with Crippen molar-refractivity contribution in [3.63, 3.8) is 0 Å². The molecule has 4 atom stereocenters. The Morgan fingerprint density at radius 1 is 0.656 bits per heavy atom. The molecule has 2 fully saturated rings. The van der Waals surface area contributed by atoms with E-state index in [2.05, 4.69) is 74.5 Å². The fourth-order valence-corrected chi connectivity index (χ4v) is 8.83. The molecular formula is C48H47N9O4. The first kappa shape index (κ1) is 39.3. The minimum Gasteiger partial charge on any atom is -0.431 e. The topological polar surface area (TPSA) is 166 Å². The molecule has 308 valence electrons. The van der Waals surface area contributed by atoms with Crippen LogP contribution in [0.1, 0.15) is 72.7 Å². The fraction of sp³-hybridized carbons (Fsp3) is 0.250. The monoisotopic (exact) mass is 813 g/mol. The number of fused-ring (bicyclic) bond motifs is 1. The summed E-state index contributed by atoms with van der Waals surface area (Å²) in [5.41, 5.74) is 13.5. The first-order chi connectivity index (χ1) is 29.7. The van der Waals surface area contributed by atoms with Crippen LogP contribution in [0.15, 0.2) is 128 Å².